The summed E-state index contributed by atoms with van der Waals surface area (Å²) in [5.41, 5.74) is 1.12. The summed E-state index contributed by atoms with van der Waals surface area (Å²) in [6.45, 7) is -3.36. The van der Waals surface area contributed by atoms with Crippen LogP contribution in [0.5, 0.6) is 11.5 Å². The van der Waals surface area contributed by atoms with Gasteiger partial charge >= 0.3 is 12.6 Å². The Hall–Kier alpha value is -4.34. The fraction of sp³-hybridized carbons (Fsp3) is 0.130. The van der Waals surface area contributed by atoms with Crippen molar-refractivity contribution in [1.29, 1.82) is 0 Å². The molecule has 3 aromatic rings. The number of rotatable bonds is 9. The molecular weight excluding hydrogens is 438 g/mol. The van der Waals surface area contributed by atoms with Gasteiger partial charge in [0.15, 0.2) is 6.61 Å². The zero-order chi connectivity index (χ0) is 23.6. The molecule has 1 heterocycles. The highest BCUT2D eigenvalue weighted by Gasteiger charge is 2.14. The van der Waals surface area contributed by atoms with Crippen LogP contribution in [0.4, 0.5) is 8.78 Å². The van der Waals surface area contributed by atoms with Gasteiger partial charge in [0.25, 0.3) is 11.8 Å². The van der Waals surface area contributed by atoms with E-state index < -0.39 is 31.0 Å². The maximum absolute atomic E-state index is 12.1. The molecule has 0 saturated heterocycles. The molecule has 0 bridgehead atoms. The highest BCUT2D eigenvalue weighted by atomic mass is 19.3. The standard InChI is InChI=1S/C23H18F2N2O6/c24-23(25)33-19-9-3-16(4-10-19)21(29)27-20(28)14-32-22(30)17-5-7-18(8-6-17)31-13-15-2-1-11-26-12-15/h1-12,23H,13-14H2,(H,27,28,29). The van der Waals surface area contributed by atoms with E-state index in [4.69, 9.17) is 9.47 Å². The van der Waals surface area contributed by atoms with Gasteiger partial charge in [-0.05, 0) is 54.6 Å². The molecule has 0 radical (unpaired) electrons. The number of esters is 1. The van der Waals surface area contributed by atoms with Crippen LogP contribution in [-0.2, 0) is 16.1 Å². The number of hydrogen-bond acceptors (Lipinski definition) is 7. The molecule has 1 aromatic heterocycles. The summed E-state index contributed by atoms with van der Waals surface area (Å²) < 4.78 is 39.0. The molecule has 0 spiro atoms. The summed E-state index contributed by atoms with van der Waals surface area (Å²) in [5.74, 6) is -1.99. The second kappa shape index (κ2) is 11.3. The number of nitrogens with one attached hydrogen (secondary N) is 1. The zero-order valence-corrected chi connectivity index (χ0v) is 17.1. The van der Waals surface area contributed by atoms with E-state index >= 15 is 0 Å². The molecule has 0 fully saturated rings. The normalized spacial score (nSPS) is 10.4. The number of benzene rings is 2. The van der Waals surface area contributed by atoms with Gasteiger partial charge in [0.2, 0.25) is 0 Å². The van der Waals surface area contributed by atoms with Gasteiger partial charge in [-0.3, -0.25) is 19.9 Å². The van der Waals surface area contributed by atoms with E-state index in [-0.39, 0.29) is 16.9 Å². The minimum atomic E-state index is -2.99. The molecule has 2 aromatic carbocycles. The maximum Gasteiger partial charge on any atom is 0.387 e. The summed E-state index contributed by atoms with van der Waals surface area (Å²) in [6.07, 6.45) is 3.34. The maximum atomic E-state index is 12.1. The second-order valence-electron chi connectivity index (χ2n) is 6.53. The van der Waals surface area contributed by atoms with Gasteiger partial charge in [0, 0.05) is 23.5 Å². The summed E-state index contributed by atoms with van der Waals surface area (Å²) in [7, 11) is 0. The Labute approximate surface area is 187 Å². The van der Waals surface area contributed by atoms with Crippen molar-refractivity contribution in [2.45, 2.75) is 13.2 Å². The first-order valence-corrected chi connectivity index (χ1v) is 9.58. The van der Waals surface area contributed by atoms with E-state index in [1.807, 2.05) is 11.4 Å². The van der Waals surface area contributed by atoms with E-state index in [0.717, 1.165) is 17.7 Å². The average molecular weight is 456 g/mol. The van der Waals surface area contributed by atoms with Crippen molar-refractivity contribution < 1.29 is 37.4 Å². The number of aromatic nitrogens is 1. The van der Waals surface area contributed by atoms with Crippen LogP contribution in [0.25, 0.3) is 0 Å². The smallest absolute Gasteiger partial charge is 0.387 e. The molecular formula is C23H18F2N2O6. The first-order valence-electron chi connectivity index (χ1n) is 9.58. The number of hydrogen-bond donors (Lipinski definition) is 1. The molecule has 0 unspecified atom stereocenters. The summed E-state index contributed by atoms with van der Waals surface area (Å²) >= 11 is 0. The Morgan fingerprint density at radius 2 is 1.58 bits per heavy atom. The van der Waals surface area contributed by atoms with Crippen molar-refractivity contribution in [3.05, 3.63) is 89.7 Å². The van der Waals surface area contributed by atoms with Crippen molar-refractivity contribution in [2.75, 3.05) is 6.61 Å². The van der Waals surface area contributed by atoms with Crippen LogP contribution >= 0.6 is 0 Å². The number of alkyl halides is 2. The van der Waals surface area contributed by atoms with E-state index in [1.165, 1.54) is 24.3 Å². The minimum Gasteiger partial charge on any atom is -0.489 e. The van der Waals surface area contributed by atoms with Crippen LogP contribution in [-0.4, -0.2) is 36.0 Å². The summed E-state index contributed by atoms with van der Waals surface area (Å²) in [5, 5.41) is 2.04. The Morgan fingerprint density at radius 1 is 0.909 bits per heavy atom. The van der Waals surface area contributed by atoms with Crippen LogP contribution in [0.2, 0.25) is 0 Å². The van der Waals surface area contributed by atoms with Crippen LogP contribution in [0, 0.1) is 0 Å². The van der Waals surface area contributed by atoms with Crippen molar-refractivity contribution >= 4 is 17.8 Å². The summed E-state index contributed by atoms with van der Waals surface area (Å²) in [6, 6.07) is 14.5. The molecule has 170 valence electrons. The average Bonchev–Trinajstić information content (AvgIpc) is 2.82. The lowest BCUT2D eigenvalue weighted by Gasteiger charge is -2.08. The number of ether oxygens (including phenoxy) is 3. The van der Waals surface area contributed by atoms with Crippen molar-refractivity contribution in [1.82, 2.24) is 10.3 Å². The Kier molecular flexibility index (Phi) is 8.01. The van der Waals surface area contributed by atoms with Crippen molar-refractivity contribution in [3.63, 3.8) is 0 Å². The fourth-order valence-electron chi connectivity index (χ4n) is 2.57. The Morgan fingerprint density at radius 3 is 2.21 bits per heavy atom. The lowest BCUT2D eigenvalue weighted by molar-refractivity contribution is -0.123. The number of carbonyl (C=O) groups is 3. The highest BCUT2D eigenvalue weighted by molar-refractivity contribution is 6.05. The first kappa shape index (κ1) is 23.3. The number of halogens is 2. The van der Waals surface area contributed by atoms with Gasteiger partial charge < -0.3 is 14.2 Å². The van der Waals surface area contributed by atoms with Crippen molar-refractivity contribution in [2.24, 2.45) is 0 Å². The molecule has 0 saturated carbocycles. The van der Waals surface area contributed by atoms with Crippen LogP contribution < -0.4 is 14.8 Å². The highest BCUT2D eigenvalue weighted by Crippen LogP contribution is 2.16. The lowest BCUT2D eigenvalue weighted by atomic mass is 10.2. The number of carbonyl (C=O) groups excluding carboxylic acids is 3. The van der Waals surface area contributed by atoms with Gasteiger partial charge in [-0.25, -0.2) is 4.79 Å². The number of pyridine rings is 1. The quantitative estimate of drug-likeness (QED) is 0.493. The van der Waals surface area contributed by atoms with Gasteiger partial charge in [-0.2, -0.15) is 8.78 Å². The van der Waals surface area contributed by atoms with E-state index in [2.05, 4.69) is 9.72 Å². The monoisotopic (exact) mass is 456 g/mol. The third kappa shape index (κ3) is 7.39. The fourth-order valence-corrected chi connectivity index (χ4v) is 2.57. The first-order chi connectivity index (χ1) is 15.9. The topological polar surface area (TPSA) is 104 Å². The molecule has 10 heteroatoms. The molecule has 0 aliphatic rings. The number of amides is 2. The lowest BCUT2D eigenvalue weighted by Crippen LogP contribution is -2.34. The molecule has 1 N–H and O–H groups in total. The van der Waals surface area contributed by atoms with Gasteiger partial charge in [-0.15, -0.1) is 0 Å². The Balaban J connectivity index is 1.43. The van der Waals surface area contributed by atoms with Gasteiger partial charge in [0.05, 0.1) is 5.56 Å². The van der Waals surface area contributed by atoms with Gasteiger partial charge in [0.1, 0.15) is 18.1 Å². The van der Waals surface area contributed by atoms with Gasteiger partial charge in [-0.1, -0.05) is 6.07 Å². The van der Waals surface area contributed by atoms with Crippen LogP contribution in [0.1, 0.15) is 26.3 Å². The van der Waals surface area contributed by atoms with Crippen LogP contribution in [0.15, 0.2) is 73.1 Å². The Bertz CT molecular complexity index is 1090. The number of imide groups is 1. The predicted octanol–water partition coefficient (Wildman–Crippen LogP) is 3.38. The third-order valence-electron chi connectivity index (χ3n) is 4.15. The zero-order valence-electron chi connectivity index (χ0n) is 17.1. The third-order valence-corrected chi connectivity index (χ3v) is 4.15. The molecule has 0 aliphatic heterocycles. The van der Waals surface area contributed by atoms with E-state index in [1.54, 1.807) is 30.6 Å². The van der Waals surface area contributed by atoms with E-state index in [0.29, 0.717) is 12.4 Å². The van der Waals surface area contributed by atoms with Crippen molar-refractivity contribution in [3.8, 4) is 11.5 Å². The second-order valence-corrected chi connectivity index (χ2v) is 6.53. The van der Waals surface area contributed by atoms with E-state index in [9.17, 15) is 23.2 Å². The molecule has 2 amide bonds. The molecule has 33 heavy (non-hydrogen) atoms. The van der Waals surface area contributed by atoms with Crippen LogP contribution in [0.3, 0.4) is 0 Å². The molecule has 3 rings (SSSR count). The minimum absolute atomic E-state index is 0.0400. The molecule has 8 nitrogen and oxygen atoms in total. The SMILES string of the molecule is O=C(COC(=O)c1ccc(OCc2cccnc2)cc1)NC(=O)c1ccc(OC(F)F)cc1. The predicted molar refractivity (Wildman–Crippen MR) is 111 cm³/mol. The number of nitrogens with zero attached hydrogens (tertiary/aromatic N) is 1. The molecule has 0 atom stereocenters. The largest absolute Gasteiger partial charge is 0.489 e. The summed E-state index contributed by atoms with van der Waals surface area (Å²) in [4.78, 5) is 40.0. The molecule has 0 aliphatic carbocycles.